The van der Waals surface area contributed by atoms with E-state index in [0.717, 1.165) is 16.9 Å². The molecule has 0 saturated heterocycles. The van der Waals surface area contributed by atoms with E-state index in [9.17, 15) is 14.4 Å². The molecular weight excluding hydrogens is 434 g/mol. The van der Waals surface area contributed by atoms with E-state index in [4.69, 9.17) is 46.4 Å². The van der Waals surface area contributed by atoms with Gasteiger partial charge < -0.3 is 5.32 Å². The first-order valence-corrected chi connectivity index (χ1v) is 9.38. The maximum absolute atomic E-state index is 12.6. The fraction of sp³-hybridized carbons (Fsp3) is 0.167. The largest absolute Gasteiger partial charge is 0.325 e. The number of anilines is 1. The van der Waals surface area contributed by atoms with Crippen molar-refractivity contribution in [2.24, 2.45) is 0 Å². The zero-order chi connectivity index (χ0) is 19.9. The van der Waals surface area contributed by atoms with Gasteiger partial charge in [-0.1, -0.05) is 65.5 Å². The number of aryl methyl sites for hydroxylation is 1. The Hall–Kier alpha value is -1.79. The molecule has 3 rings (SSSR count). The maximum atomic E-state index is 12.6. The van der Waals surface area contributed by atoms with Crippen molar-refractivity contribution >= 4 is 69.8 Å². The number of nitrogens with zero attached hydrogens (tertiary/aromatic N) is 1. The van der Waals surface area contributed by atoms with Crippen LogP contribution in [0.4, 0.5) is 5.69 Å². The number of halogens is 4. The molecule has 1 aliphatic heterocycles. The van der Waals surface area contributed by atoms with Crippen LogP contribution in [0, 0.1) is 0 Å². The third kappa shape index (κ3) is 3.52. The van der Waals surface area contributed by atoms with E-state index in [1.807, 2.05) is 19.1 Å². The molecule has 27 heavy (non-hydrogen) atoms. The molecule has 2 aromatic rings. The number of carbonyl (C=O) groups excluding carboxylic acids is 3. The van der Waals surface area contributed by atoms with Crippen LogP contribution in [0.5, 0.6) is 0 Å². The van der Waals surface area contributed by atoms with Crippen molar-refractivity contribution in [2.45, 2.75) is 13.3 Å². The number of benzene rings is 2. The molecule has 0 bridgehead atoms. The minimum Gasteiger partial charge on any atom is -0.325 e. The molecular formula is C18H12Cl4N2O3. The van der Waals surface area contributed by atoms with E-state index in [2.05, 4.69) is 5.32 Å². The Labute approximate surface area is 175 Å². The zero-order valence-corrected chi connectivity index (χ0v) is 16.9. The van der Waals surface area contributed by atoms with Crippen molar-refractivity contribution in [1.29, 1.82) is 0 Å². The molecule has 0 aromatic heterocycles. The SMILES string of the molecule is CCc1ccc(NC(=O)CN2C(=O)c3c(Cl)c(Cl)c(Cl)c(Cl)c3C2=O)cc1. The Balaban J connectivity index is 1.83. The summed E-state index contributed by atoms with van der Waals surface area (Å²) in [5.41, 5.74) is 1.37. The highest BCUT2D eigenvalue weighted by molar-refractivity contribution is 6.55. The minimum atomic E-state index is -0.753. The van der Waals surface area contributed by atoms with Gasteiger partial charge in [0.2, 0.25) is 5.91 Å². The van der Waals surface area contributed by atoms with E-state index in [1.54, 1.807) is 12.1 Å². The average Bonchev–Trinajstić information content (AvgIpc) is 2.90. The third-order valence-electron chi connectivity index (χ3n) is 4.13. The van der Waals surface area contributed by atoms with Crippen LogP contribution in [0.2, 0.25) is 20.1 Å². The summed E-state index contributed by atoms with van der Waals surface area (Å²) in [4.78, 5) is 38.2. The number of nitrogens with one attached hydrogen (secondary N) is 1. The highest BCUT2D eigenvalue weighted by Gasteiger charge is 2.42. The molecule has 0 spiro atoms. The summed E-state index contributed by atoms with van der Waals surface area (Å²) in [6.07, 6.45) is 0.871. The van der Waals surface area contributed by atoms with Gasteiger partial charge in [0.05, 0.1) is 31.2 Å². The fourth-order valence-electron chi connectivity index (χ4n) is 2.71. The van der Waals surface area contributed by atoms with Gasteiger partial charge in [0.25, 0.3) is 11.8 Å². The number of amides is 3. The van der Waals surface area contributed by atoms with Gasteiger partial charge in [-0.05, 0) is 24.1 Å². The van der Waals surface area contributed by atoms with E-state index in [1.165, 1.54) is 0 Å². The lowest BCUT2D eigenvalue weighted by atomic mass is 10.1. The van der Waals surface area contributed by atoms with E-state index < -0.39 is 24.3 Å². The molecule has 0 fully saturated rings. The Kier molecular flexibility index (Phi) is 5.68. The number of rotatable bonds is 4. The maximum Gasteiger partial charge on any atom is 0.263 e. The van der Waals surface area contributed by atoms with Crippen molar-refractivity contribution in [3.63, 3.8) is 0 Å². The van der Waals surface area contributed by atoms with Gasteiger partial charge >= 0.3 is 0 Å². The Morgan fingerprint density at radius 2 is 1.37 bits per heavy atom. The van der Waals surface area contributed by atoms with Crippen molar-refractivity contribution < 1.29 is 14.4 Å². The van der Waals surface area contributed by atoms with Crippen LogP contribution in [0.15, 0.2) is 24.3 Å². The molecule has 1 heterocycles. The van der Waals surface area contributed by atoms with Crippen LogP contribution in [0.25, 0.3) is 0 Å². The lowest BCUT2D eigenvalue weighted by Gasteiger charge is -2.14. The van der Waals surface area contributed by atoms with Crippen molar-refractivity contribution in [3.05, 3.63) is 61.0 Å². The highest BCUT2D eigenvalue weighted by Crippen LogP contribution is 2.44. The first-order valence-electron chi connectivity index (χ1n) is 7.87. The number of carbonyl (C=O) groups is 3. The number of fused-ring (bicyclic) bond motifs is 1. The lowest BCUT2D eigenvalue weighted by molar-refractivity contribution is -0.116. The van der Waals surface area contributed by atoms with E-state index in [0.29, 0.717) is 5.69 Å². The topological polar surface area (TPSA) is 66.5 Å². The summed E-state index contributed by atoms with van der Waals surface area (Å²) >= 11 is 24.0. The number of hydrogen-bond donors (Lipinski definition) is 1. The molecule has 140 valence electrons. The number of hydrogen-bond acceptors (Lipinski definition) is 3. The van der Waals surface area contributed by atoms with Gasteiger partial charge in [0.1, 0.15) is 6.54 Å². The molecule has 3 amide bonds. The van der Waals surface area contributed by atoms with Crippen molar-refractivity contribution in [1.82, 2.24) is 4.90 Å². The molecule has 0 unspecified atom stereocenters. The highest BCUT2D eigenvalue weighted by atomic mass is 35.5. The molecule has 0 radical (unpaired) electrons. The summed E-state index contributed by atoms with van der Waals surface area (Å²) in [5.74, 6) is -2.05. The van der Waals surface area contributed by atoms with Gasteiger partial charge in [0, 0.05) is 5.69 Å². The average molecular weight is 446 g/mol. The molecule has 0 atom stereocenters. The quantitative estimate of drug-likeness (QED) is 0.404. The van der Waals surface area contributed by atoms with Crippen LogP contribution in [-0.2, 0) is 11.2 Å². The smallest absolute Gasteiger partial charge is 0.263 e. The zero-order valence-electron chi connectivity index (χ0n) is 13.9. The first kappa shape index (κ1) is 20.0. The second-order valence-corrected chi connectivity index (χ2v) is 7.31. The van der Waals surface area contributed by atoms with Crippen LogP contribution < -0.4 is 5.32 Å². The molecule has 9 heteroatoms. The molecule has 0 aliphatic carbocycles. The van der Waals surface area contributed by atoms with Gasteiger partial charge in [-0.15, -0.1) is 0 Å². The third-order valence-corrected chi connectivity index (χ3v) is 5.93. The summed E-state index contributed by atoms with van der Waals surface area (Å²) in [7, 11) is 0. The van der Waals surface area contributed by atoms with Gasteiger partial charge in [-0.2, -0.15) is 0 Å². The molecule has 0 saturated carbocycles. The molecule has 2 aromatic carbocycles. The van der Waals surface area contributed by atoms with Gasteiger partial charge in [-0.3, -0.25) is 19.3 Å². The Bertz CT molecular complexity index is 927. The standard InChI is InChI=1S/C18H12Cl4N2O3/c1-2-8-3-5-9(6-4-8)23-10(25)7-24-17(26)11-12(18(24)27)14(20)16(22)15(21)13(11)19/h3-6H,2,7H2,1H3,(H,23,25). The van der Waals surface area contributed by atoms with E-state index in [-0.39, 0.29) is 31.2 Å². The van der Waals surface area contributed by atoms with Crippen LogP contribution in [-0.4, -0.2) is 29.2 Å². The molecule has 1 N–H and O–H groups in total. The van der Waals surface area contributed by atoms with Gasteiger partial charge in [0.15, 0.2) is 0 Å². The predicted octanol–water partition coefficient (Wildman–Crippen LogP) is 5.10. The fourth-order valence-corrected chi connectivity index (χ4v) is 3.72. The van der Waals surface area contributed by atoms with Gasteiger partial charge in [-0.25, -0.2) is 0 Å². The molecule has 5 nitrogen and oxygen atoms in total. The monoisotopic (exact) mass is 444 g/mol. The van der Waals surface area contributed by atoms with Crippen LogP contribution >= 0.6 is 46.4 Å². The summed E-state index contributed by atoms with van der Waals surface area (Å²) in [6, 6.07) is 7.24. The summed E-state index contributed by atoms with van der Waals surface area (Å²) < 4.78 is 0. The predicted molar refractivity (Wildman–Crippen MR) is 106 cm³/mol. The second kappa shape index (κ2) is 7.68. The van der Waals surface area contributed by atoms with Crippen LogP contribution in [0.1, 0.15) is 33.2 Å². The van der Waals surface area contributed by atoms with Crippen LogP contribution in [0.3, 0.4) is 0 Å². The van der Waals surface area contributed by atoms with Crippen molar-refractivity contribution in [2.75, 3.05) is 11.9 Å². The second-order valence-electron chi connectivity index (χ2n) is 5.80. The van der Waals surface area contributed by atoms with Crippen molar-refractivity contribution in [3.8, 4) is 0 Å². The normalized spacial score (nSPS) is 13.1. The summed E-state index contributed by atoms with van der Waals surface area (Å²) in [5, 5.41) is 2.06. The first-order chi connectivity index (χ1) is 12.8. The van der Waals surface area contributed by atoms with E-state index >= 15 is 0 Å². The summed E-state index contributed by atoms with van der Waals surface area (Å²) in [6.45, 7) is 1.52. The Morgan fingerprint density at radius 3 is 1.81 bits per heavy atom. The Morgan fingerprint density at radius 1 is 0.889 bits per heavy atom. The minimum absolute atomic E-state index is 0.120. The number of imide groups is 1. The molecule has 1 aliphatic rings. The lowest BCUT2D eigenvalue weighted by Crippen LogP contribution is -2.37.